The third kappa shape index (κ3) is 2.68. The topological polar surface area (TPSA) is 37.2 Å². The first-order valence-corrected chi connectivity index (χ1v) is 8.94. The zero-order valence-corrected chi connectivity index (χ0v) is 12.8. The smallest absolute Gasteiger partial charge is 0.202 e. The van der Waals surface area contributed by atoms with Crippen LogP contribution in [-0.4, -0.2) is 53.0 Å². The van der Waals surface area contributed by atoms with Gasteiger partial charge in [-0.05, 0) is 50.3 Å². The van der Waals surface area contributed by atoms with E-state index in [1.54, 1.807) is 11.8 Å². The molecule has 110 valence electrons. The zero-order chi connectivity index (χ0) is 13.4. The van der Waals surface area contributed by atoms with Crippen molar-refractivity contribution in [2.75, 3.05) is 19.6 Å². The van der Waals surface area contributed by atoms with Crippen molar-refractivity contribution in [3.05, 3.63) is 0 Å². The minimum Gasteiger partial charge on any atom is -0.344 e. The lowest BCUT2D eigenvalue weighted by Gasteiger charge is -2.41. The van der Waals surface area contributed by atoms with Gasteiger partial charge in [0.25, 0.3) is 0 Å². The average molecular weight is 293 g/mol. The van der Waals surface area contributed by atoms with E-state index in [0.717, 1.165) is 30.5 Å². The zero-order valence-electron chi connectivity index (χ0n) is 12.0. The highest BCUT2D eigenvalue weighted by Crippen LogP contribution is 2.32. The second kappa shape index (κ2) is 5.78. The third-order valence-electron chi connectivity index (χ3n) is 4.92. The van der Waals surface area contributed by atoms with E-state index in [1.165, 1.54) is 50.9 Å². The van der Waals surface area contributed by atoms with Crippen LogP contribution in [0.25, 0.3) is 0 Å². The summed E-state index contributed by atoms with van der Waals surface area (Å²) in [6.07, 6.45) is 9.24. The Bertz CT molecular complexity index is 425. The Morgan fingerprint density at radius 1 is 1.10 bits per heavy atom. The molecule has 4 aliphatic rings. The molecule has 1 saturated heterocycles. The molecule has 0 spiro atoms. The van der Waals surface area contributed by atoms with E-state index >= 15 is 0 Å². The molecule has 4 nitrogen and oxygen atoms in total. The molecule has 0 radical (unpaired) electrons. The molecule has 1 atom stereocenters. The van der Waals surface area contributed by atoms with E-state index < -0.39 is 0 Å². The van der Waals surface area contributed by atoms with Crippen molar-refractivity contribution in [1.29, 1.82) is 0 Å². The number of rotatable bonds is 3. The molecule has 5 heteroatoms. The number of nitrogens with zero attached hydrogens (tertiary/aromatic N) is 3. The van der Waals surface area contributed by atoms with Gasteiger partial charge in [-0.3, -0.25) is 4.99 Å². The van der Waals surface area contributed by atoms with Crippen LogP contribution in [0, 0.1) is 0 Å². The number of hydrogen-bond acceptors (Lipinski definition) is 5. The largest absolute Gasteiger partial charge is 0.344 e. The van der Waals surface area contributed by atoms with Gasteiger partial charge in [0.1, 0.15) is 5.04 Å². The third-order valence-corrected chi connectivity index (χ3v) is 5.93. The van der Waals surface area contributed by atoms with Crippen LogP contribution < -0.4 is 0 Å². The van der Waals surface area contributed by atoms with E-state index in [0.29, 0.717) is 6.10 Å². The fraction of sp³-hybridized carbons (Fsp3) is 0.867. The summed E-state index contributed by atoms with van der Waals surface area (Å²) < 4.78 is 6.19. The molecule has 2 fully saturated rings. The molecule has 1 unspecified atom stereocenters. The molecule has 1 saturated carbocycles. The molecule has 3 heterocycles. The van der Waals surface area contributed by atoms with Crippen molar-refractivity contribution in [2.24, 2.45) is 9.98 Å². The molecule has 3 aliphatic heterocycles. The monoisotopic (exact) mass is 293 g/mol. The van der Waals surface area contributed by atoms with Gasteiger partial charge in [0, 0.05) is 25.7 Å². The number of fused-ring (bicyclic) bond motifs is 1. The number of hydrogen-bond donors (Lipinski definition) is 0. The summed E-state index contributed by atoms with van der Waals surface area (Å²) >= 11 is 1.72. The van der Waals surface area contributed by atoms with E-state index in [2.05, 4.69) is 9.89 Å². The maximum atomic E-state index is 6.19. The summed E-state index contributed by atoms with van der Waals surface area (Å²) in [7, 11) is 0. The molecule has 20 heavy (non-hydrogen) atoms. The first-order chi connectivity index (χ1) is 9.88. The average Bonchev–Trinajstić information content (AvgIpc) is 2.81. The van der Waals surface area contributed by atoms with E-state index in [4.69, 9.17) is 9.73 Å². The molecular formula is C15H23N3OS. The molecule has 1 aliphatic carbocycles. The molecular weight excluding hydrogens is 270 g/mol. The quantitative estimate of drug-likeness (QED) is 0.803. The molecule has 0 aromatic carbocycles. The highest BCUT2D eigenvalue weighted by atomic mass is 32.2. The standard InChI is InChI=1S/C15H23N3OS/c1-3-11(4-1)18-9-6-12(7-10-18)19-15-17-13-5-2-8-16-14(13)20-15/h11-12,15H,1-10H2. The van der Waals surface area contributed by atoms with Gasteiger partial charge in [0.2, 0.25) is 5.56 Å². The van der Waals surface area contributed by atoms with Crippen molar-refractivity contribution in [3.63, 3.8) is 0 Å². The maximum Gasteiger partial charge on any atom is 0.202 e. The summed E-state index contributed by atoms with van der Waals surface area (Å²) in [5, 5.41) is 1.15. The van der Waals surface area contributed by atoms with Crippen LogP contribution in [0.4, 0.5) is 0 Å². The number of aliphatic imine (C=N–C) groups is 2. The van der Waals surface area contributed by atoms with Crippen molar-refractivity contribution < 1.29 is 4.74 Å². The van der Waals surface area contributed by atoms with Crippen LogP contribution >= 0.6 is 11.8 Å². The van der Waals surface area contributed by atoms with Gasteiger partial charge in [-0.25, -0.2) is 4.99 Å². The van der Waals surface area contributed by atoms with Gasteiger partial charge in [0.05, 0.1) is 11.8 Å². The van der Waals surface area contributed by atoms with Crippen molar-refractivity contribution >= 4 is 22.5 Å². The van der Waals surface area contributed by atoms with E-state index in [1.807, 2.05) is 0 Å². The summed E-state index contributed by atoms with van der Waals surface area (Å²) in [4.78, 5) is 11.9. The SMILES string of the molecule is C1CN=C2SC(OC3CCN(C4CCC4)CC3)N=C2C1. The fourth-order valence-electron chi connectivity index (χ4n) is 3.45. The van der Waals surface area contributed by atoms with Crippen LogP contribution in [-0.2, 0) is 4.74 Å². The van der Waals surface area contributed by atoms with Gasteiger partial charge in [-0.1, -0.05) is 6.42 Å². The summed E-state index contributed by atoms with van der Waals surface area (Å²) in [5.41, 5.74) is 1.18. The summed E-state index contributed by atoms with van der Waals surface area (Å²) in [5.74, 6) is 0. The highest BCUT2D eigenvalue weighted by Gasteiger charge is 2.32. The van der Waals surface area contributed by atoms with Gasteiger partial charge >= 0.3 is 0 Å². The normalized spacial score (nSPS) is 32.5. The lowest BCUT2D eigenvalue weighted by atomic mass is 9.90. The molecule has 4 rings (SSSR count). The summed E-state index contributed by atoms with van der Waals surface area (Å²) in [6, 6.07) is 0.884. The minimum atomic E-state index is -0.0119. The molecule has 0 bridgehead atoms. The predicted octanol–water partition coefficient (Wildman–Crippen LogP) is 2.68. The van der Waals surface area contributed by atoms with Crippen molar-refractivity contribution in [1.82, 2.24) is 4.90 Å². The second-order valence-corrected chi connectivity index (χ2v) is 7.27. The number of thioether (sulfide) groups is 1. The van der Waals surface area contributed by atoms with Gasteiger partial charge in [0.15, 0.2) is 0 Å². The van der Waals surface area contributed by atoms with Crippen molar-refractivity contribution in [3.8, 4) is 0 Å². The van der Waals surface area contributed by atoms with E-state index in [9.17, 15) is 0 Å². The molecule has 0 aromatic heterocycles. The van der Waals surface area contributed by atoms with Crippen LogP contribution in [0.15, 0.2) is 9.98 Å². The fourth-order valence-corrected chi connectivity index (χ4v) is 4.49. The number of piperidine rings is 1. The summed E-state index contributed by atoms with van der Waals surface area (Å²) in [6.45, 7) is 3.39. The number of ether oxygens (including phenoxy) is 1. The van der Waals surface area contributed by atoms with Crippen LogP contribution in [0.5, 0.6) is 0 Å². The Labute approximate surface area is 125 Å². The lowest BCUT2D eigenvalue weighted by Crippen LogP contribution is -2.46. The first kappa shape index (κ1) is 13.3. The van der Waals surface area contributed by atoms with Gasteiger partial charge < -0.3 is 9.64 Å². The van der Waals surface area contributed by atoms with Crippen molar-refractivity contribution in [2.45, 2.75) is 62.7 Å². The molecule has 0 aromatic rings. The van der Waals surface area contributed by atoms with Gasteiger partial charge in [-0.15, -0.1) is 0 Å². The van der Waals surface area contributed by atoms with Gasteiger partial charge in [-0.2, -0.15) is 0 Å². The lowest BCUT2D eigenvalue weighted by molar-refractivity contribution is -0.0189. The Morgan fingerprint density at radius 2 is 1.95 bits per heavy atom. The first-order valence-electron chi connectivity index (χ1n) is 8.06. The molecule has 0 N–H and O–H groups in total. The predicted molar refractivity (Wildman–Crippen MR) is 83.7 cm³/mol. The maximum absolute atomic E-state index is 6.19. The Hall–Kier alpha value is -0.390. The Balaban J connectivity index is 1.27. The van der Waals surface area contributed by atoms with Crippen LogP contribution in [0.3, 0.4) is 0 Å². The Morgan fingerprint density at radius 3 is 2.65 bits per heavy atom. The Kier molecular flexibility index (Phi) is 3.84. The highest BCUT2D eigenvalue weighted by molar-refractivity contribution is 8.16. The number of likely N-dealkylation sites (tertiary alicyclic amines) is 1. The second-order valence-electron chi connectivity index (χ2n) is 6.25. The molecule has 0 amide bonds. The van der Waals surface area contributed by atoms with Crippen LogP contribution in [0.2, 0.25) is 0 Å². The van der Waals surface area contributed by atoms with E-state index in [-0.39, 0.29) is 5.56 Å². The van der Waals surface area contributed by atoms with Crippen LogP contribution in [0.1, 0.15) is 44.9 Å². The minimum absolute atomic E-state index is 0.0119.